The van der Waals surface area contributed by atoms with Gasteiger partial charge in [-0.25, -0.2) is 0 Å². The summed E-state index contributed by atoms with van der Waals surface area (Å²) in [7, 11) is 6.68. The van der Waals surface area contributed by atoms with Crippen molar-refractivity contribution in [2.75, 3.05) is 48.1 Å². The highest BCUT2D eigenvalue weighted by molar-refractivity contribution is 5.51. The van der Waals surface area contributed by atoms with Gasteiger partial charge in [-0.2, -0.15) is 0 Å². The third-order valence-electron chi connectivity index (χ3n) is 5.01. The molecule has 1 aliphatic rings. The molecule has 1 aliphatic heterocycles. The zero-order valence-corrected chi connectivity index (χ0v) is 16.5. The van der Waals surface area contributed by atoms with E-state index in [2.05, 4.69) is 22.3 Å². The number of nitrogens with one attached hydrogen (secondary N) is 1. The molecule has 0 aromatic heterocycles. The summed E-state index contributed by atoms with van der Waals surface area (Å²) in [6.07, 6.45) is 0. The van der Waals surface area contributed by atoms with E-state index in [9.17, 15) is 0 Å². The fourth-order valence-corrected chi connectivity index (χ4v) is 3.62. The Bertz CT molecular complexity index is 766. The maximum Gasteiger partial charge on any atom is 0.164 e. The van der Waals surface area contributed by atoms with Crippen molar-refractivity contribution < 1.29 is 18.9 Å². The second-order valence-corrected chi connectivity index (χ2v) is 6.45. The molecule has 1 heterocycles. The molecule has 3 rings (SSSR count). The molecule has 1 atom stereocenters. The third-order valence-corrected chi connectivity index (χ3v) is 5.01. The molecule has 0 aliphatic carbocycles. The van der Waals surface area contributed by atoms with Crippen LogP contribution in [0.4, 0.5) is 0 Å². The van der Waals surface area contributed by atoms with Gasteiger partial charge in [0.2, 0.25) is 0 Å². The summed E-state index contributed by atoms with van der Waals surface area (Å²) in [5, 5.41) is 3.50. The van der Waals surface area contributed by atoms with Crippen molar-refractivity contribution in [3.63, 3.8) is 0 Å². The highest BCUT2D eigenvalue weighted by Gasteiger charge is 2.27. The van der Waals surface area contributed by atoms with Crippen LogP contribution in [0.5, 0.6) is 23.0 Å². The van der Waals surface area contributed by atoms with E-state index in [1.165, 1.54) is 5.56 Å². The Morgan fingerprint density at radius 1 is 0.889 bits per heavy atom. The van der Waals surface area contributed by atoms with Gasteiger partial charge >= 0.3 is 0 Å². The van der Waals surface area contributed by atoms with Gasteiger partial charge in [-0.1, -0.05) is 18.2 Å². The standard InChI is InChI=1S/C21H28N2O4/c1-24-18-8-6-5-7-16(18)17-13-22-9-10-23(17)14-15-11-20(26-3)21(27-4)12-19(15)25-2/h5-8,11-12,17,22H,9-10,13-14H2,1-4H3. The lowest BCUT2D eigenvalue weighted by Gasteiger charge is -2.37. The van der Waals surface area contributed by atoms with Crippen LogP contribution in [0.3, 0.4) is 0 Å². The Labute approximate surface area is 161 Å². The summed E-state index contributed by atoms with van der Waals surface area (Å²) in [6, 6.07) is 12.3. The van der Waals surface area contributed by atoms with Crippen LogP contribution >= 0.6 is 0 Å². The topological polar surface area (TPSA) is 52.2 Å². The van der Waals surface area contributed by atoms with Crippen LogP contribution in [-0.4, -0.2) is 53.0 Å². The van der Waals surface area contributed by atoms with E-state index in [4.69, 9.17) is 18.9 Å². The van der Waals surface area contributed by atoms with Gasteiger partial charge < -0.3 is 24.3 Å². The molecule has 1 fully saturated rings. The number of benzene rings is 2. The van der Waals surface area contributed by atoms with Gasteiger partial charge in [-0.05, 0) is 12.1 Å². The Kier molecular flexibility index (Phi) is 6.42. The van der Waals surface area contributed by atoms with Crippen molar-refractivity contribution in [2.45, 2.75) is 12.6 Å². The smallest absolute Gasteiger partial charge is 0.164 e. The lowest BCUT2D eigenvalue weighted by Crippen LogP contribution is -2.45. The third kappa shape index (κ3) is 4.12. The fourth-order valence-electron chi connectivity index (χ4n) is 3.62. The molecule has 0 saturated carbocycles. The van der Waals surface area contributed by atoms with E-state index in [-0.39, 0.29) is 6.04 Å². The Morgan fingerprint density at radius 2 is 1.56 bits per heavy atom. The molecule has 2 aromatic carbocycles. The number of piperazine rings is 1. The zero-order chi connectivity index (χ0) is 19.2. The van der Waals surface area contributed by atoms with E-state index in [1.54, 1.807) is 28.4 Å². The van der Waals surface area contributed by atoms with Gasteiger partial charge in [0.15, 0.2) is 11.5 Å². The van der Waals surface area contributed by atoms with Crippen LogP contribution in [0.2, 0.25) is 0 Å². The number of para-hydroxylation sites is 1. The van der Waals surface area contributed by atoms with E-state index in [0.717, 1.165) is 43.2 Å². The first-order valence-corrected chi connectivity index (χ1v) is 9.08. The molecule has 6 heteroatoms. The molecular weight excluding hydrogens is 344 g/mol. The first kappa shape index (κ1) is 19.3. The molecular formula is C21H28N2O4. The summed E-state index contributed by atoms with van der Waals surface area (Å²) in [4.78, 5) is 2.44. The molecule has 0 bridgehead atoms. The van der Waals surface area contributed by atoms with E-state index < -0.39 is 0 Å². The number of nitrogens with zero attached hydrogens (tertiary/aromatic N) is 1. The van der Waals surface area contributed by atoms with Crippen LogP contribution in [0.1, 0.15) is 17.2 Å². The quantitative estimate of drug-likeness (QED) is 0.807. The minimum Gasteiger partial charge on any atom is -0.496 e. The van der Waals surface area contributed by atoms with Crippen LogP contribution in [0.25, 0.3) is 0 Å². The predicted octanol–water partition coefficient (Wildman–Crippen LogP) is 2.87. The van der Waals surface area contributed by atoms with E-state index in [1.807, 2.05) is 24.3 Å². The summed E-state index contributed by atoms with van der Waals surface area (Å²) in [6.45, 7) is 3.49. The largest absolute Gasteiger partial charge is 0.496 e. The monoisotopic (exact) mass is 372 g/mol. The van der Waals surface area contributed by atoms with E-state index >= 15 is 0 Å². The maximum atomic E-state index is 5.61. The van der Waals surface area contributed by atoms with Gasteiger partial charge in [0.05, 0.1) is 34.5 Å². The highest BCUT2D eigenvalue weighted by atomic mass is 16.5. The first-order valence-electron chi connectivity index (χ1n) is 9.08. The molecule has 0 radical (unpaired) electrons. The average molecular weight is 372 g/mol. The van der Waals surface area contributed by atoms with Gasteiger partial charge in [-0.15, -0.1) is 0 Å². The van der Waals surface area contributed by atoms with Crippen molar-refractivity contribution in [2.24, 2.45) is 0 Å². The average Bonchev–Trinajstić information content (AvgIpc) is 2.73. The van der Waals surface area contributed by atoms with Crippen LogP contribution in [-0.2, 0) is 6.54 Å². The Hall–Kier alpha value is -2.44. The Balaban J connectivity index is 1.93. The van der Waals surface area contributed by atoms with Crippen molar-refractivity contribution in [3.05, 3.63) is 47.5 Å². The van der Waals surface area contributed by atoms with Crippen LogP contribution in [0, 0.1) is 0 Å². The van der Waals surface area contributed by atoms with Crippen molar-refractivity contribution >= 4 is 0 Å². The maximum absolute atomic E-state index is 5.61. The molecule has 1 N–H and O–H groups in total. The van der Waals surface area contributed by atoms with Gasteiger partial charge in [0, 0.05) is 43.4 Å². The highest BCUT2D eigenvalue weighted by Crippen LogP contribution is 2.37. The Morgan fingerprint density at radius 3 is 2.26 bits per heavy atom. The van der Waals surface area contributed by atoms with Crippen LogP contribution < -0.4 is 24.3 Å². The normalized spacial score (nSPS) is 17.4. The molecule has 2 aromatic rings. The SMILES string of the molecule is COc1cc(OC)c(OC)cc1CN1CCNCC1c1ccccc1OC. The number of rotatable bonds is 7. The number of hydrogen-bond donors (Lipinski definition) is 1. The fraction of sp³-hybridized carbons (Fsp3) is 0.429. The summed E-state index contributed by atoms with van der Waals surface area (Å²) in [5.74, 6) is 3.08. The molecule has 0 amide bonds. The van der Waals surface area contributed by atoms with Gasteiger partial charge in [0.1, 0.15) is 11.5 Å². The molecule has 146 valence electrons. The van der Waals surface area contributed by atoms with Crippen molar-refractivity contribution in [1.29, 1.82) is 0 Å². The van der Waals surface area contributed by atoms with Crippen LogP contribution in [0.15, 0.2) is 36.4 Å². The van der Waals surface area contributed by atoms with E-state index in [0.29, 0.717) is 11.5 Å². The zero-order valence-electron chi connectivity index (χ0n) is 16.5. The second-order valence-electron chi connectivity index (χ2n) is 6.45. The molecule has 27 heavy (non-hydrogen) atoms. The summed E-state index contributed by atoms with van der Waals surface area (Å²) in [5.41, 5.74) is 2.25. The lowest BCUT2D eigenvalue weighted by atomic mass is 10.0. The van der Waals surface area contributed by atoms with Gasteiger partial charge in [-0.3, -0.25) is 4.90 Å². The van der Waals surface area contributed by atoms with Gasteiger partial charge in [0.25, 0.3) is 0 Å². The second kappa shape index (κ2) is 8.97. The summed E-state index contributed by atoms with van der Waals surface area (Å²) < 4.78 is 22.1. The molecule has 6 nitrogen and oxygen atoms in total. The first-order chi connectivity index (χ1) is 13.2. The lowest BCUT2D eigenvalue weighted by molar-refractivity contribution is 0.149. The van der Waals surface area contributed by atoms with Crippen molar-refractivity contribution in [3.8, 4) is 23.0 Å². The number of ether oxygens (including phenoxy) is 4. The number of hydrogen-bond acceptors (Lipinski definition) is 6. The molecule has 1 unspecified atom stereocenters. The minimum atomic E-state index is 0.215. The predicted molar refractivity (Wildman–Crippen MR) is 105 cm³/mol. The number of methoxy groups -OCH3 is 4. The minimum absolute atomic E-state index is 0.215. The molecule has 1 saturated heterocycles. The molecule has 0 spiro atoms. The summed E-state index contributed by atoms with van der Waals surface area (Å²) >= 11 is 0. The van der Waals surface area contributed by atoms with Crippen molar-refractivity contribution in [1.82, 2.24) is 10.2 Å².